The molecule has 2 rings (SSSR count). The lowest BCUT2D eigenvalue weighted by Gasteiger charge is -2.36. The molecule has 2 fully saturated rings. The topological polar surface area (TPSA) is 64.8 Å². The van der Waals surface area contributed by atoms with Crippen LogP contribution in [0, 0.1) is 0 Å². The second-order valence-electron chi connectivity index (χ2n) is 5.52. The Balaban J connectivity index is 1.88. The third-order valence-electron chi connectivity index (χ3n) is 4.44. The van der Waals surface area contributed by atoms with Crippen LogP contribution in [0.4, 0.5) is 0 Å². The molecule has 104 valence electrons. The van der Waals surface area contributed by atoms with Crippen LogP contribution in [0.3, 0.4) is 0 Å². The van der Waals surface area contributed by atoms with Crippen LogP contribution in [-0.4, -0.2) is 55.9 Å². The van der Waals surface area contributed by atoms with E-state index in [-0.39, 0.29) is 5.97 Å². The Labute approximate surface area is 109 Å². The van der Waals surface area contributed by atoms with Crippen molar-refractivity contribution in [1.82, 2.24) is 4.90 Å². The first-order valence-electron chi connectivity index (χ1n) is 6.73. The third kappa shape index (κ3) is 2.68. The maximum Gasteiger partial charge on any atom is 0.325 e. The van der Waals surface area contributed by atoms with Gasteiger partial charge in [-0.25, -0.2) is 0 Å². The molecule has 0 bridgehead atoms. The summed E-state index contributed by atoms with van der Waals surface area (Å²) in [5.74, 6) is -0.267. The lowest BCUT2D eigenvalue weighted by atomic mass is 9.98. The number of ether oxygens (including phenoxy) is 2. The van der Waals surface area contributed by atoms with Crippen LogP contribution in [0.2, 0.25) is 0 Å². The monoisotopic (exact) mass is 256 g/mol. The molecule has 1 saturated carbocycles. The van der Waals surface area contributed by atoms with Gasteiger partial charge in [-0.05, 0) is 32.1 Å². The fourth-order valence-electron chi connectivity index (χ4n) is 3.23. The molecule has 1 saturated heterocycles. The van der Waals surface area contributed by atoms with Gasteiger partial charge in [0.15, 0.2) is 0 Å². The Kier molecular flexibility index (Phi) is 4.25. The number of rotatable bonds is 3. The van der Waals surface area contributed by atoms with Gasteiger partial charge >= 0.3 is 5.97 Å². The van der Waals surface area contributed by atoms with Crippen molar-refractivity contribution >= 4 is 5.97 Å². The number of hydrogen-bond acceptors (Lipinski definition) is 5. The largest absolute Gasteiger partial charge is 0.468 e. The van der Waals surface area contributed by atoms with Crippen molar-refractivity contribution in [3.63, 3.8) is 0 Å². The first kappa shape index (κ1) is 13.8. The molecule has 0 radical (unpaired) electrons. The number of carbonyl (C=O) groups is 1. The quantitative estimate of drug-likeness (QED) is 0.746. The molecule has 2 atom stereocenters. The van der Waals surface area contributed by atoms with Crippen LogP contribution in [0.1, 0.15) is 32.1 Å². The standard InChI is InChI=1S/C13H24N2O3/c1-17-11-4-7-15(8-5-11)10-3-6-13(14,9-10)12(16)18-2/h10-11H,3-9,14H2,1-2H3. The van der Waals surface area contributed by atoms with Crippen molar-refractivity contribution in [3.8, 4) is 0 Å². The summed E-state index contributed by atoms with van der Waals surface area (Å²) in [4.78, 5) is 14.1. The van der Waals surface area contributed by atoms with Gasteiger partial charge in [0.1, 0.15) is 5.54 Å². The molecule has 0 aromatic rings. The molecule has 1 aliphatic heterocycles. The Morgan fingerprint density at radius 1 is 1.28 bits per heavy atom. The molecule has 1 aliphatic carbocycles. The molecule has 2 unspecified atom stereocenters. The summed E-state index contributed by atoms with van der Waals surface area (Å²) in [6, 6.07) is 0.423. The highest BCUT2D eigenvalue weighted by atomic mass is 16.5. The zero-order chi connectivity index (χ0) is 13.2. The highest BCUT2D eigenvalue weighted by Gasteiger charge is 2.45. The van der Waals surface area contributed by atoms with E-state index in [4.69, 9.17) is 15.2 Å². The number of carbonyl (C=O) groups excluding carboxylic acids is 1. The predicted molar refractivity (Wildman–Crippen MR) is 68.2 cm³/mol. The van der Waals surface area contributed by atoms with Crippen molar-refractivity contribution < 1.29 is 14.3 Å². The summed E-state index contributed by atoms with van der Waals surface area (Å²) < 4.78 is 10.2. The predicted octanol–water partition coefficient (Wildman–Crippen LogP) is 0.520. The average molecular weight is 256 g/mol. The van der Waals surface area contributed by atoms with Crippen molar-refractivity contribution in [2.75, 3.05) is 27.3 Å². The smallest absolute Gasteiger partial charge is 0.325 e. The molecule has 1 heterocycles. The lowest BCUT2D eigenvalue weighted by Crippen LogP contribution is -2.49. The van der Waals surface area contributed by atoms with E-state index in [1.54, 1.807) is 7.11 Å². The van der Waals surface area contributed by atoms with Crippen molar-refractivity contribution in [1.29, 1.82) is 0 Å². The van der Waals surface area contributed by atoms with E-state index in [9.17, 15) is 4.79 Å². The molecular weight excluding hydrogens is 232 g/mol. The van der Waals surface area contributed by atoms with Crippen molar-refractivity contribution in [3.05, 3.63) is 0 Å². The SMILES string of the molecule is COC(=O)C1(N)CCC(N2CCC(OC)CC2)C1. The van der Waals surface area contributed by atoms with Crippen molar-refractivity contribution in [2.45, 2.75) is 49.8 Å². The van der Waals surface area contributed by atoms with E-state index in [0.29, 0.717) is 12.1 Å². The second-order valence-corrected chi connectivity index (χ2v) is 5.52. The summed E-state index contributed by atoms with van der Waals surface area (Å²) in [6.07, 6.45) is 4.98. The third-order valence-corrected chi connectivity index (χ3v) is 4.44. The fraction of sp³-hybridized carbons (Fsp3) is 0.923. The molecule has 2 N–H and O–H groups in total. The number of methoxy groups -OCH3 is 2. The van der Waals surface area contributed by atoms with Crippen LogP contribution in [0.5, 0.6) is 0 Å². The van der Waals surface area contributed by atoms with E-state index in [1.165, 1.54) is 7.11 Å². The summed E-state index contributed by atoms with van der Waals surface area (Å²) in [7, 11) is 3.19. The van der Waals surface area contributed by atoms with Crippen LogP contribution in [0.25, 0.3) is 0 Å². The summed E-state index contributed by atoms with van der Waals surface area (Å²) in [5, 5.41) is 0. The number of nitrogens with zero attached hydrogens (tertiary/aromatic N) is 1. The molecule has 5 nitrogen and oxygen atoms in total. The second kappa shape index (κ2) is 5.55. The Morgan fingerprint density at radius 3 is 2.50 bits per heavy atom. The van der Waals surface area contributed by atoms with Gasteiger partial charge in [-0.3, -0.25) is 4.79 Å². The number of piperidine rings is 1. The molecule has 0 aromatic carbocycles. The zero-order valence-electron chi connectivity index (χ0n) is 11.4. The average Bonchev–Trinajstić information content (AvgIpc) is 2.82. The summed E-state index contributed by atoms with van der Waals surface area (Å²) in [6.45, 7) is 2.08. The van der Waals surface area contributed by atoms with Crippen LogP contribution in [0.15, 0.2) is 0 Å². The number of esters is 1. The Bertz CT molecular complexity index is 303. The van der Waals surface area contributed by atoms with Crippen LogP contribution >= 0.6 is 0 Å². The summed E-state index contributed by atoms with van der Waals surface area (Å²) in [5.41, 5.74) is 5.37. The van der Waals surface area contributed by atoms with Gasteiger partial charge in [0, 0.05) is 26.2 Å². The molecule has 0 spiro atoms. The molecule has 0 aromatic heterocycles. The fourth-order valence-corrected chi connectivity index (χ4v) is 3.23. The van der Waals surface area contributed by atoms with E-state index >= 15 is 0 Å². The first-order valence-corrected chi connectivity index (χ1v) is 6.73. The van der Waals surface area contributed by atoms with Crippen molar-refractivity contribution in [2.24, 2.45) is 5.73 Å². The van der Waals surface area contributed by atoms with Gasteiger partial charge in [-0.2, -0.15) is 0 Å². The molecule has 18 heavy (non-hydrogen) atoms. The maximum atomic E-state index is 11.7. The van der Waals surface area contributed by atoms with Gasteiger partial charge in [0.2, 0.25) is 0 Å². The first-order chi connectivity index (χ1) is 8.59. The van der Waals surface area contributed by atoms with Gasteiger partial charge in [-0.1, -0.05) is 0 Å². The van der Waals surface area contributed by atoms with Gasteiger partial charge in [-0.15, -0.1) is 0 Å². The number of likely N-dealkylation sites (tertiary alicyclic amines) is 1. The minimum absolute atomic E-state index is 0.267. The Morgan fingerprint density at radius 2 is 1.94 bits per heavy atom. The number of nitrogens with two attached hydrogens (primary N) is 1. The minimum Gasteiger partial charge on any atom is -0.468 e. The highest BCUT2D eigenvalue weighted by molar-refractivity contribution is 5.81. The molecular formula is C13H24N2O3. The van der Waals surface area contributed by atoms with E-state index in [2.05, 4.69) is 4.90 Å². The zero-order valence-corrected chi connectivity index (χ0v) is 11.4. The van der Waals surface area contributed by atoms with Gasteiger partial charge in [0.05, 0.1) is 13.2 Å². The molecule has 5 heteroatoms. The van der Waals surface area contributed by atoms with Gasteiger partial charge in [0.25, 0.3) is 0 Å². The van der Waals surface area contributed by atoms with E-state index < -0.39 is 5.54 Å². The van der Waals surface area contributed by atoms with Gasteiger partial charge < -0.3 is 20.1 Å². The molecule has 2 aliphatic rings. The molecule has 0 amide bonds. The lowest BCUT2D eigenvalue weighted by molar-refractivity contribution is -0.147. The normalized spacial score (nSPS) is 34.7. The summed E-state index contributed by atoms with van der Waals surface area (Å²) >= 11 is 0. The maximum absolute atomic E-state index is 11.7. The Hall–Kier alpha value is -0.650. The van der Waals surface area contributed by atoms with Crippen LogP contribution < -0.4 is 5.73 Å². The van der Waals surface area contributed by atoms with E-state index in [1.807, 2.05) is 0 Å². The van der Waals surface area contributed by atoms with Crippen LogP contribution in [-0.2, 0) is 14.3 Å². The minimum atomic E-state index is -0.766. The number of hydrogen-bond donors (Lipinski definition) is 1. The highest BCUT2D eigenvalue weighted by Crippen LogP contribution is 2.33. The van der Waals surface area contributed by atoms with E-state index in [0.717, 1.165) is 45.2 Å².